The Bertz CT molecular complexity index is 1170. The van der Waals surface area contributed by atoms with Crippen LogP contribution in [0.4, 0.5) is 4.39 Å². The van der Waals surface area contributed by atoms with E-state index in [1.807, 2.05) is 37.3 Å². The molecule has 0 aliphatic heterocycles. The van der Waals surface area contributed by atoms with Crippen molar-refractivity contribution >= 4 is 21.6 Å². The number of thiophene rings is 1. The van der Waals surface area contributed by atoms with E-state index in [9.17, 15) is 14.3 Å². The van der Waals surface area contributed by atoms with Crippen molar-refractivity contribution in [1.82, 2.24) is 9.55 Å². The molecule has 4 rings (SSSR count). The van der Waals surface area contributed by atoms with E-state index in [4.69, 9.17) is 0 Å². The van der Waals surface area contributed by atoms with Crippen LogP contribution in [0.3, 0.4) is 0 Å². The van der Waals surface area contributed by atoms with Gasteiger partial charge in [0.15, 0.2) is 0 Å². The molecule has 2 aromatic carbocycles. The van der Waals surface area contributed by atoms with Gasteiger partial charge in [-0.2, -0.15) is 0 Å². The summed E-state index contributed by atoms with van der Waals surface area (Å²) in [5, 5.41) is 10.9. The van der Waals surface area contributed by atoms with Gasteiger partial charge in [-0.1, -0.05) is 48.5 Å². The molecule has 2 heterocycles. The van der Waals surface area contributed by atoms with Crippen LogP contribution in [0.5, 0.6) is 0 Å². The number of aliphatic hydroxyl groups excluding tert-OH is 1. The lowest BCUT2D eigenvalue weighted by Gasteiger charge is -2.13. The van der Waals surface area contributed by atoms with E-state index < -0.39 is 11.9 Å². The van der Waals surface area contributed by atoms with Gasteiger partial charge in [0.25, 0.3) is 5.56 Å². The van der Waals surface area contributed by atoms with E-state index >= 15 is 0 Å². The minimum absolute atomic E-state index is 0.0569. The van der Waals surface area contributed by atoms with Crippen molar-refractivity contribution in [3.8, 4) is 10.4 Å². The van der Waals surface area contributed by atoms with Crippen LogP contribution in [0.1, 0.15) is 17.2 Å². The van der Waals surface area contributed by atoms with Gasteiger partial charge in [-0.25, -0.2) is 9.37 Å². The lowest BCUT2D eigenvalue weighted by molar-refractivity contribution is 0.150. The molecule has 4 nitrogen and oxygen atoms in total. The summed E-state index contributed by atoms with van der Waals surface area (Å²) in [7, 11) is 0. The Hall–Kier alpha value is -2.83. The number of fused-ring (bicyclic) bond motifs is 1. The van der Waals surface area contributed by atoms with Gasteiger partial charge in [-0.05, 0) is 24.1 Å². The molecule has 0 saturated heterocycles. The molecular weight excluding hydrogens is 363 g/mol. The summed E-state index contributed by atoms with van der Waals surface area (Å²) >= 11 is 1.47. The lowest BCUT2D eigenvalue weighted by atomic mass is 10.1. The second-order valence-corrected chi connectivity index (χ2v) is 7.34. The highest BCUT2D eigenvalue weighted by atomic mass is 32.1. The molecule has 0 fully saturated rings. The van der Waals surface area contributed by atoms with E-state index in [1.54, 1.807) is 12.1 Å². The summed E-state index contributed by atoms with van der Waals surface area (Å²) in [5.41, 5.74) is 1.84. The zero-order valence-corrected chi connectivity index (χ0v) is 15.4. The summed E-state index contributed by atoms with van der Waals surface area (Å²) in [6.45, 7) is 1.85. The minimum Gasteiger partial charge on any atom is -0.386 e. The van der Waals surface area contributed by atoms with Crippen molar-refractivity contribution in [3.05, 3.63) is 88.2 Å². The van der Waals surface area contributed by atoms with Crippen molar-refractivity contribution in [2.75, 3.05) is 0 Å². The first-order chi connectivity index (χ1) is 13.1. The predicted molar refractivity (Wildman–Crippen MR) is 105 cm³/mol. The Balaban J connectivity index is 1.76. The molecule has 0 aliphatic rings. The van der Waals surface area contributed by atoms with Crippen LogP contribution in [-0.2, 0) is 6.54 Å². The average Bonchev–Trinajstić information content (AvgIpc) is 3.02. The average molecular weight is 380 g/mol. The smallest absolute Gasteiger partial charge is 0.262 e. The summed E-state index contributed by atoms with van der Waals surface area (Å²) in [5.74, 6) is -0.495. The van der Waals surface area contributed by atoms with Crippen LogP contribution in [0, 0.1) is 12.7 Å². The van der Waals surface area contributed by atoms with Gasteiger partial charge in [0.1, 0.15) is 10.6 Å². The van der Waals surface area contributed by atoms with Gasteiger partial charge < -0.3 is 5.11 Å². The first kappa shape index (κ1) is 17.6. The van der Waals surface area contributed by atoms with E-state index in [0.29, 0.717) is 10.2 Å². The molecule has 1 atom stereocenters. The van der Waals surface area contributed by atoms with Gasteiger partial charge >= 0.3 is 0 Å². The molecule has 6 heteroatoms. The number of benzene rings is 2. The molecule has 0 amide bonds. The van der Waals surface area contributed by atoms with Crippen LogP contribution in [0.15, 0.2) is 65.7 Å². The van der Waals surface area contributed by atoms with Crippen molar-refractivity contribution in [3.63, 3.8) is 0 Å². The third kappa shape index (κ3) is 3.18. The minimum atomic E-state index is -1.13. The number of hydrogen-bond acceptors (Lipinski definition) is 4. The third-order valence-corrected chi connectivity index (χ3v) is 5.84. The predicted octanol–water partition coefficient (Wildman–Crippen LogP) is 4.31. The second-order valence-electron chi connectivity index (χ2n) is 6.34. The highest BCUT2D eigenvalue weighted by molar-refractivity contribution is 7.22. The molecule has 0 bridgehead atoms. The maximum Gasteiger partial charge on any atom is 0.262 e. The van der Waals surface area contributed by atoms with Crippen molar-refractivity contribution < 1.29 is 9.50 Å². The fourth-order valence-electron chi connectivity index (χ4n) is 3.18. The van der Waals surface area contributed by atoms with E-state index in [1.165, 1.54) is 34.4 Å². The van der Waals surface area contributed by atoms with E-state index in [-0.39, 0.29) is 17.7 Å². The van der Waals surface area contributed by atoms with Crippen LogP contribution >= 0.6 is 11.3 Å². The second kappa shape index (κ2) is 7.06. The first-order valence-corrected chi connectivity index (χ1v) is 9.34. The Labute approximate surface area is 159 Å². The Morgan fingerprint density at radius 2 is 1.85 bits per heavy atom. The maximum atomic E-state index is 13.9. The molecule has 0 saturated carbocycles. The zero-order chi connectivity index (χ0) is 19.0. The van der Waals surface area contributed by atoms with Gasteiger partial charge in [0, 0.05) is 10.4 Å². The number of rotatable bonds is 4. The highest BCUT2D eigenvalue weighted by Crippen LogP contribution is 2.35. The summed E-state index contributed by atoms with van der Waals surface area (Å²) < 4.78 is 15.2. The summed E-state index contributed by atoms with van der Waals surface area (Å²) in [6, 6.07) is 15.9. The fourth-order valence-corrected chi connectivity index (χ4v) is 4.33. The number of halogens is 1. The third-order valence-electron chi connectivity index (χ3n) is 4.59. The van der Waals surface area contributed by atoms with Gasteiger partial charge in [-0.3, -0.25) is 9.36 Å². The Kier molecular flexibility index (Phi) is 4.59. The maximum absolute atomic E-state index is 13.9. The lowest BCUT2D eigenvalue weighted by Crippen LogP contribution is -2.24. The standard InChI is InChI=1S/C21H17FN2O2S/c1-13-18-20(27-19(13)14-7-3-2-4-8-14)23-12-24(21(18)26)11-17(25)15-9-5-6-10-16(15)22/h2-10,12,17,25H,11H2,1H3. The largest absolute Gasteiger partial charge is 0.386 e. The topological polar surface area (TPSA) is 55.1 Å². The van der Waals surface area contributed by atoms with E-state index in [0.717, 1.165) is 16.0 Å². The molecule has 0 aliphatic carbocycles. The van der Waals surface area contributed by atoms with Crippen LogP contribution in [0.25, 0.3) is 20.7 Å². The SMILES string of the molecule is Cc1c(-c2ccccc2)sc2ncn(CC(O)c3ccccc3F)c(=O)c12. The molecular formula is C21H17FN2O2S. The molecule has 1 N–H and O–H groups in total. The van der Waals surface area contributed by atoms with Gasteiger partial charge in [-0.15, -0.1) is 11.3 Å². The molecule has 136 valence electrons. The Morgan fingerprint density at radius 1 is 1.15 bits per heavy atom. The first-order valence-electron chi connectivity index (χ1n) is 8.52. The normalized spacial score (nSPS) is 12.4. The van der Waals surface area contributed by atoms with Gasteiger partial charge in [0.05, 0.1) is 24.4 Å². The number of nitrogens with zero attached hydrogens (tertiary/aromatic N) is 2. The van der Waals surface area contributed by atoms with Gasteiger partial charge in [0.2, 0.25) is 0 Å². The Morgan fingerprint density at radius 3 is 2.59 bits per heavy atom. The molecule has 0 radical (unpaired) electrons. The quantitative estimate of drug-likeness (QED) is 0.574. The monoisotopic (exact) mass is 380 g/mol. The van der Waals surface area contributed by atoms with Crippen LogP contribution < -0.4 is 5.56 Å². The highest BCUT2D eigenvalue weighted by Gasteiger charge is 2.18. The molecule has 2 aromatic heterocycles. The van der Waals surface area contributed by atoms with Crippen LogP contribution in [0.2, 0.25) is 0 Å². The molecule has 1 unspecified atom stereocenters. The van der Waals surface area contributed by atoms with Crippen molar-refractivity contribution in [2.24, 2.45) is 0 Å². The molecule has 4 aromatic rings. The van der Waals surface area contributed by atoms with Crippen molar-refractivity contribution in [2.45, 2.75) is 19.6 Å². The van der Waals surface area contributed by atoms with Crippen LogP contribution in [-0.4, -0.2) is 14.7 Å². The zero-order valence-electron chi connectivity index (χ0n) is 14.6. The number of aromatic nitrogens is 2. The fraction of sp³-hybridized carbons (Fsp3) is 0.143. The summed E-state index contributed by atoms with van der Waals surface area (Å²) in [4.78, 5) is 19.0. The number of hydrogen-bond donors (Lipinski definition) is 1. The van der Waals surface area contributed by atoms with Crippen molar-refractivity contribution in [1.29, 1.82) is 0 Å². The number of aryl methyl sites for hydroxylation is 1. The summed E-state index contributed by atoms with van der Waals surface area (Å²) in [6.07, 6.45) is 0.287. The molecule has 0 spiro atoms. The molecule has 27 heavy (non-hydrogen) atoms. The van der Waals surface area contributed by atoms with E-state index in [2.05, 4.69) is 4.98 Å². The number of aliphatic hydroxyl groups is 1.